The highest BCUT2D eigenvalue weighted by atomic mass is 16.7. The third-order valence-electron chi connectivity index (χ3n) is 3.32. The summed E-state index contributed by atoms with van der Waals surface area (Å²) in [5, 5.41) is 19.2. The van der Waals surface area contributed by atoms with Crippen molar-refractivity contribution in [3.63, 3.8) is 0 Å². The van der Waals surface area contributed by atoms with Gasteiger partial charge in [0.2, 0.25) is 5.75 Å². The third-order valence-corrected chi connectivity index (χ3v) is 3.32. The van der Waals surface area contributed by atoms with E-state index in [2.05, 4.69) is 0 Å². The summed E-state index contributed by atoms with van der Waals surface area (Å²) in [7, 11) is 2.65. The molecule has 24 heavy (non-hydrogen) atoms. The quantitative estimate of drug-likeness (QED) is 0.476. The van der Waals surface area contributed by atoms with E-state index >= 15 is 0 Å². The Balaban J connectivity index is 2.52. The fourth-order valence-corrected chi connectivity index (χ4v) is 2.22. The lowest BCUT2D eigenvalue weighted by Crippen LogP contribution is -2.16. The van der Waals surface area contributed by atoms with Gasteiger partial charge in [0.05, 0.1) is 19.8 Å². The molecule has 2 aromatic carbocycles. The summed E-state index contributed by atoms with van der Waals surface area (Å²) in [5.74, 6) is -0.909. The summed E-state index contributed by atoms with van der Waals surface area (Å²) in [6, 6.07) is 11.0. The summed E-state index contributed by atoms with van der Waals surface area (Å²) in [6.07, 6.45) is -3.09. The topological polar surface area (TPSA) is 102 Å². The van der Waals surface area contributed by atoms with Crippen LogP contribution < -0.4 is 14.2 Å². The van der Waals surface area contributed by atoms with Crippen LogP contribution >= 0.6 is 0 Å². The van der Waals surface area contributed by atoms with Crippen molar-refractivity contribution in [3.05, 3.63) is 53.6 Å². The highest BCUT2D eigenvalue weighted by Gasteiger charge is 2.28. The van der Waals surface area contributed by atoms with E-state index in [0.29, 0.717) is 5.56 Å². The molecule has 0 aliphatic rings. The molecule has 2 aromatic rings. The molecule has 0 heterocycles. The van der Waals surface area contributed by atoms with Gasteiger partial charge in [-0.1, -0.05) is 30.3 Å². The number of benzene rings is 2. The number of carboxylic acid groups (broad SMARTS) is 1. The zero-order valence-electron chi connectivity index (χ0n) is 13.1. The van der Waals surface area contributed by atoms with Gasteiger partial charge in [-0.25, -0.2) is 4.79 Å². The summed E-state index contributed by atoms with van der Waals surface area (Å²) >= 11 is 0. The number of carbonyl (C=O) groups excluding carboxylic acids is 1. The molecule has 2 rings (SSSR count). The molecular weight excluding hydrogens is 316 g/mol. The summed E-state index contributed by atoms with van der Waals surface area (Å²) in [6.45, 7) is 0. The molecule has 2 N–H and O–H groups in total. The molecule has 0 radical (unpaired) electrons. The van der Waals surface area contributed by atoms with E-state index in [1.165, 1.54) is 26.4 Å². The number of aliphatic hydroxyl groups is 1. The highest BCUT2D eigenvalue weighted by molar-refractivity contribution is 6.03. The summed E-state index contributed by atoms with van der Waals surface area (Å²) in [4.78, 5) is 23.6. The van der Waals surface area contributed by atoms with E-state index < -0.39 is 18.0 Å². The predicted molar refractivity (Wildman–Crippen MR) is 83.9 cm³/mol. The first-order valence-corrected chi connectivity index (χ1v) is 6.92. The van der Waals surface area contributed by atoms with E-state index in [1.54, 1.807) is 30.3 Å². The maximum Gasteiger partial charge on any atom is 0.511 e. The number of Topliss-reactive ketones (excluding diaryl/α,β-unsaturated/α-hetero) is 1. The first kappa shape index (κ1) is 17.3. The Morgan fingerprint density at radius 2 is 1.62 bits per heavy atom. The van der Waals surface area contributed by atoms with E-state index in [1.807, 2.05) is 0 Å². The number of hydrogen-bond acceptors (Lipinski definition) is 6. The number of ketones is 1. The summed E-state index contributed by atoms with van der Waals surface area (Å²) in [5.41, 5.74) is 0.241. The van der Waals surface area contributed by atoms with Gasteiger partial charge >= 0.3 is 6.16 Å². The third kappa shape index (κ3) is 3.47. The van der Waals surface area contributed by atoms with Crippen molar-refractivity contribution in [2.75, 3.05) is 14.2 Å². The zero-order chi connectivity index (χ0) is 17.7. The van der Waals surface area contributed by atoms with Crippen molar-refractivity contribution in [3.8, 4) is 17.2 Å². The van der Waals surface area contributed by atoms with E-state index in [0.717, 1.165) is 0 Å². The number of carbonyl (C=O) groups is 2. The average Bonchev–Trinajstić information content (AvgIpc) is 2.60. The van der Waals surface area contributed by atoms with Gasteiger partial charge in [-0.15, -0.1) is 0 Å². The predicted octanol–water partition coefficient (Wildman–Crippen LogP) is 2.68. The van der Waals surface area contributed by atoms with E-state index in [4.69, 9.17) is 19.3 Å². The first-order valence-electron chi connectivity index (χ1n) is 6.92. The molecule has 0 spiro atoms. The molecule has 1 atom stereocenters. The van der Waals surface area contributed by atoms with E-state index in [-0.39, 0.29) is 22.8 Å². The number of rotatable bonds is 6. The van der Waals surface area contributed by atoms with Crippen molar-refractivity contribution in [2.24, 2.45) is 0 Å². The van der Waals surface area contributed by atoms with Crippen LogP contribution in [-0.4, -0.2) is 36.4 Å². The van der Waals surface area contributed by atoms with Crippen LogP contribution in [0, 0.1) is 0 Å². The summed E-state index contributed by atoms with van der Waals surface area (Å²) < 4.78 is 14.9. The maximum atomic E-state index is 12.6. The largest absolute Gasteiger partial charge is 0.511 e. The fourth-order valence-electron chi connectivity index (χ4n) is 2.22. The zero-order valence-corrected chi connectivity index (χ0v) is 13.1. The molecule has 0 saturated heterocycles. The van der Waals surface area contributed by atoms with Gasteiger partial charge in [0.15, 0.2) is 17.3 Å². The molecule has 1 unspecified atom stereocenters. The molecule has 0 aliphatic carbocycles. The van der Waals surface area contributed by atoms with Gasteiger partial charge in [-0.3, -0.25) is 4.79 Å². The Morgan fingerprint density at radius 3 is 2.17 bits per heavy atom. The van der Waals surface area contributed by atoms with Gasteiger partial charge in [0, 0.05) is 0 Å². The Hall–Kier alpha value is -3.06. The lowest BCUT2D eigenvalue weighted by atomic mass is 9.98. The normalized spacial score (nSPS) is 11.5. The molecule has 7 heteroatoms. The number of methoxy groups -OCH3 is 2. The van der Waals surface area contributed by atoms with Gasteiger partial charge in [-0.2, -0.15) is 0 Å². The maximum absolute atomic E-state index is 12.6. The van der Waals surface area contributed by atoms with Crippen molar-refractivity contribution in [1.82, 2.24) is 0 Å². The molecule has 126 valence electrons. The molecule has 0 bridgehead atoms. The van der Waals surface area contributed by atoms with Crippen molar-refractivity contribution in [1.29, 1.82) is 0 Å². The molecule has 0 aromatic heterocycles. The van der Waals surface area contributed by atoms with Crippen LogP contribution in [0.4, 0.5) is 4.79 Å². The van der Waals surface area contributed by atoms with Crippen LogP contribution in [0.25, 0.3) is 0 Å². The average molecular weight is 332 g/mol. The van der Waals surface area contributed by atoms with Crippen molar-refractivity contribution in [2.45, 2.75) is 6.10 Å². The van der Waals surface area contributed by atoms with Crippen LogP contribution in [0.5, 0.6) is 17.2 Å². The van der Waals surface area contributed by atoms with E-state index in [9.17, 15) is 14.7 Å². The second kappa shape index (κ2) is 7.47. The number of aliphatic hydroxyl groups excluding tert-OH is 1. The van der Waals surface area contributed by atoms with Crippen LogP contribution in [0.3, 0.4) is 0 Å². The van der Waals surface area contributed by atoms with Gasteiger partial charge in [0.25, 0.3) is 0 Å². The molecule has 7 nitrogen and oxygen atoms in total. The van der Waals surface area contributed by atoms with Crippen LogP contribution in [-0.2, 0) is 0 Å². The lowest BCUT2D eigenvalue weighted by molar-refractivity contribution is 0.0742. The number of hydrogen-bond donors (Lipinski definition) is 2. The minimum absolute atomic E-state index is 0.0500. The smallest absolute Gasteiger partial charge is 0.493 e. The van der Waals surface area contributed by atoms with Gasteiger partial charge in [0.1, 0.15) is 6.10 Å². The second-order valence-corrected chi connectivity index (χ2v) is 4.72. The molecule has 0 amide bonds. The van der Waals surface area contributed by atoms with Gasteiger partial charge < -0.3 is 24.4 Å². The van der Waals surface area contributed by atoms with Crippen LogP contribution in [0.1, 0.15) is 22.0 Å². The second-order valence-electron chi connectivity index (χ2n) is 4.72. The lowest BCUT2D eigenvalue weighted by Gasteiger charge is -2.16. The molecular formula is C17H16O7. The standard InChI is InChI=1S/C17H16O7/c1-22-12-9-8-11(15(16(12)23-2)24-17(20)21)14(19)13(18)10-6-4-3-5-7-10/h3-9,13,18H,1-2H3,(H,20,21). The molecule has 0 aliphatic heterocycles. The molecule has 0 saturated carbocycles. The minimum atomic E-state index is -1.62. The monoisotopic (exact) mass is 332 g/mol. The fraction of sp³-hybridized carbons (Fsp3) is 0.176. The minimum Gasteiger partial charge on any atom is -0.493 e. The Labute approximate surface area is 138 Å². The Morgan fingerprint density at radius 1 is 0.958 bits per heavy atom. The Bertz CT molecular complexity index is 740. The Kier molecular flexibility index (Phi) is 5.39. The number of ether oxygens (including phenoxy) is 3. The first-order chi connectivity index (χ1) is 11.5. The highest BCUT2D eigenvalue weighted by Crippen LogP contribution is 2.41. The van der Waals surface area contributed by atoms with Gasteiger partial charge in [-0.05, 0) is 17.7 Å². The van der Waals surface area contributed by atoms with Crippen LogP contribution in [0.2, 0.25) is 0 Å². The van der Waals surface area contributed by atoms with Crippen LogP contribution in [0.15, 0.2) is 42.5 Å². The van der Waals surface area contributed by atoms with Crippen molar-refractivity contribution < 1.29 is 34.0 Å². The molecule has 0 fully saturated rings. The SMILES string of the molecule is COc1ccc(C(=O)C(O)c2ccccc2)c(OC(=O)O)c1OC. The van der Waals surface area contributed by atoms with Crippen molar-refractivity contribution >= 4 is 11.9 Å².